The van der Waals surface area contributed by atoms with Gasteiger partial charge in [0.15, 0.2) is 0 Å². The average molecular weight is 425 g/mol. The Morgan fingerprint density at radius 3 is 2.71 bits per heavy atom. The first-order chi connectivity index (χ1) is 15.0. The fraction of sp³-hybridized carbons (Fsp3) is 0.304. The van der Waals surface area contributed by atoms with Gasteiger partial charge in [-0.05, 0) is 50.2 Å². The summed E-state index contributed by atoms with van der Waals surface area (Å²) in [5, 5.41) is 6.65. The van der Waals surface area contributed by atoms with E-state index in [2.05, 4.69) is 10.5 Å². The van der Waals surface area contributed by atoms with Gasteiger partial charge in [0.25, 0.3) is 5.91 Å². The van der Waals surface area contributed by atoms with E-state index in [1.807, 2.05) is 18.7 Å². The molecule has 31 heavy (non-hydrogen) atoms. The molecule has 1 aliphatic rings. The lowest BCUT2D eigenvalue weighted by Crippen LogP contribution is -2.36. The highest BCUT2D eigenvalue weighted by molar-refractivity contribution is 6.04. The summed E-state index contributed by atoms with van der Waals surface area (Å²) in [6.45, 7) is 6.40. The van der Waals surface area contributed by atoms with E-state index in [0.717, 1.165) is 11.3 Å². The van der Waals surface area contributed by atoms with E-state index in [1.54, 1.807) is 36.4 Å². The predicted octanol–water partition coefficient (Wildman–Crippen LogP) is 4.10. The number of aromatic nitrogens is 1. The highest BCUT2D eigenvalue weighted by atomic mass is 19.1. The maximum atomic E-state index is 14.6. The summed E-state index contributed by atoms with van der Waals surface area (Å²) in [5.74, 6) is 0.521. The maximum Gasteiger partial charge on any atom is 0.255 e. The Morgan fingerprint density at radius 1 is 1.19 bits per heavy atom. The molecule has 0 atom stereocenters. The number of anilines is 2. The summed E-state index contributed by atoms with van der Waals surface area (Å²) >= 11 is 0. The van der Waals surface area contributed by atoms with Crippen molar-refractivity contribution in [2.45, 2.75) is 20.5 Å². The number of amides is 1. The minimum absolute atomic E-state index is 0.292. The first kappa shape index (κ1) is 20.9. The van der Waals surface area contributed by atoms with Crippen LogP contribution in [0.4, 0.5) is 15.8 Å². The summed E-state index contributed by atoms with van der Waals surface area (Å²) in [7, 11) is 0. The van der Waals surface area contributed by atoms with E-state index >= 15 is 0 Å². The van der Waals surface area contributed by atoms with E-state index in [-0.39, 0.29) is 11.7 Å². The van der Waals surface area contributed by atoms with Gasteiger partial charge in [-0.3, -0.25) is 4.79 Å². The molecule has 2 heterocycles. The van der Waals surface area contributed by atoms with E-state index < -0.39 is 0 Å². The molecular formula is C23H24FN3O4. The van der Waals surface area contributed by atoms with Crippen molar-refractivity contribution in [3.8, 4) is 5.75 Å². The van der Waals surface area contributed by atoms with Crippen molar-refractivity contribution in [3.63, 3.8) is 0 Å². The van der Waals surface area contributed by atoms with Gasteiger partial charge in [-0.1, -0.05) is 11.2 Å². The molecule has 7 nitrogen and oxygen atoms in total. The number of hydrogen-bond donors (Lipinski definition) is 1. The average Bonchev–Trinajstić information content (AvgIpc) is 3.10. The molecule has 2 aromatic carbocycles. The Balaban J connectivity index is 1.41. The van der Waals surface area contributed by atoms with Gasteiger partial charge >= 0.3 is 0 Å². The SMILES string of the molecule is Cc1noc(C)c1COc1cccc(C(=O)Nc2ccc(N3CCOCC3)c(F)c2)c1. The molecular weight excluding hydrogens is 401 g/mol. The van der Waals surface area contributed by atoms with Crippen LogP contribution in [0.1, 0.15) is 27.4 Å². The van der Waals surface area contributed by atoms with Crippen molar-refractivity contribution in [2.24, 2.45) is 0 Å². The van der Waals surface area contributed by atoms with E-state index in [4.69, 9.17) is 14.0 Å². The van der Waals surface area contributed by atoms with Crippen LogP contribution in [0.25, 0.3) is 0 Å². The smallest absolute Gasteiger partial charge is 0.255 e. The van der Waals surface area contributed by atoms with Crippen LogP contribution in [0.3, 0.4) is 0 Å². The Morgan fingerprint density at radius 2 is 2.00 bits per heavy atom. The van der Waals surface area contributed by atoms with E-state index in [9.17, 15) is 9.18 Å². The van der Waals surface area contributed by atoms with Crippen LogP contribution in [0.15, 0.2) is 47.0 Å². The third kappa shape index (κ3) is 4.86. The maximum absolute atomic E-state index is 14.6. The lowest BCUT2D eigenvalue weighted by atomic mass is 10.2. The van der Waals surface area contributed by atoms with Crippen LogP contribution >= 0.6 is 0 Å². The van der Waals surface area contributed by atoms with Gasteiger partial charge in [0, 0.05) is 24.3 Å². The lowest BCUT2D eigenvalue weighted by Gasteiger charge is -2.29. The zero-order valence-electron chi connectivity index (χ0n) is 17.5. The molecule has 0 saturated carbocycles. The number of ether oxygens (including phenoxy) is 2. The molecule has 3 aromatic rings. The molecule has 0 bridgehead atoms. The number of carbonyl (C=O) groups excluding carboxylic acids is 1. The van der Waals surface area contributed by atoms with Gasteiger partial charge in [-0.15, -0.1) is 0 Å². The molecule has 162 valence electrons. The molecule has 4 rings (SSSR count). The van der Waals surface area contributed by atoms with Crippen molar-refractivity contribution >= 4 is 17.3 Å². The first-order valence-corrected chi connectivity index (χ1v) is 10.1. The number of nitrogens with one attached hydrogen (secondary N) is 1. The quantitative estimate of drug-likeness (QED) is 0.641. The largest absolute Gasteiger partial charge is 0.489 e. The van der Waals surface area contributed by atoms with Crippen LogP contribution in [-0.2, 0) is 11.3 Å². The molecule has 1 N–H and O–H groups in total. The molecule has 0 spiro atoms. The van der Waals surface area contributed by atoms with Gasteiger partial charge in [0.05, 0.1) is 30.2 Å². The minimum Gasteiger partial charge on any atom is -0.489 e. The van der Waals surface area contributed by atoms with Gasteiger partial charge < -0.3 is 24.2 Å². The monoisotopic (exact) mass is 425 g/mol. The van der Waals surface area contributed by atoms with E-state index in [1.165, 1.54) is 6.07 Å². The van der Waals surface area contributed by atoms with Gasteiger partial charge in [0.1, 0.15) is 23.9 Å². The third-order valence-electron chi connectivity index (χ3n) is 5.22. The Kier molecular flexibility index (Phi) is 6.18. The van der Waals surface area contributed by atoms with Crippen molar-refractivity contribution in [2.75, 3.05) is 36.5 Å². The number of nitrogens with zero attached hydrogens (tertiary/aromatic N) is 2. The van der Waals surface area contributed by atoms with Gasteiger partial charge in [-0.2, -0.15) is 0 Å². The summed E-state index contributed by atoms with van der Waals surface area (Å²) in [6, 6.07) is 11.5. The van der Waals surface area contributed by atoms with Crippen LogP contribution in [-0.4, -0.2) is 37.4 Å². The predicted molar refractivity (Wildman–Crippen MR) is 114 cm³/mol. The molecule has 0 unspecified atom stereocenters. The highest BCUT2D eigenvalue weighted by Crippen LogP contribution is 2.25. The Labute approximate surface area is 179 Å². The molecule has 1 aliphatic heterocycles. The third-order valence-corrected chi connectivity index (χ3v) is 5.22. The number of hydrogen-bond acceptors (Lipinski definition) is 6. The molecule has 1 aromatic heterocycles. The van der Waals surface area contributed by atoms with Crippen LogP contribution in [0, 0.1) is 19.7 Å². The second kappa shape index (κ2) is 9.18. The molecule has 1 fully saturated rings. The number of aryl methyl sites for hydroxylation is 2. The Bertz CT molecular complexity index is 1060. The van der Waals surface area contributed by atoms with Crippen molar-refractivity contribution < 1.29 is 23.2 Å². The molecule has 0 radical (unpaired) electrons. The first-order valence-electron chi connectivity index (χ1n) is 10.1. The van der Waals surface area contributed by atoms with Crippen molar-refractivity contribution in [3.05, 3.63) is 70.9 Å². The van der Waals surface area contributed by atoms with Crippen molar-refractivity contribution in [1.82, 2.24) is 5.16 Å². The van der Waals surface area contributed by atoms with Gasteiger partial charge in [-0.25, -0.2) is 4.39 Å². The number of carbonyl (C=O) groups is 1. The zero-order valence-corrected chi connectivity index (χ0v) is 17.5. The van der Waals surface area contributed by atoms with Crippen LogP contribution in [0.2, 0.25) is 0 Å². The fourth-order valence-electron chi connectivity index (χ4n) is 3.44. The van der Waals surface area contributed by atoms with Crippen LogP contribution < -0.4 is 15.0 Å². The summed E-state index contributed by atoms with van der Waals surface area (Å²) in [4.78, 5) is 14.6. The van der Waals surface area contributed by atoms with Gasteiger partial charge in [0.2, 0.25) is 0 Å². The summed E-state index contributed by atoms with van der Waals surface area (Å²) < 4.78 is 30.8. The van der Waals surface area contributed by atoms with Crippen molar-refractivity contribution in [1.29, 1.82) is 0 Å². The molecule has 8 heteroatoms. The Hall–Kier alpha value is -3.39. The number of halogens is 1. The number of morpholine rings is 1. The second-order valence-corrected chi connectivity index (χ2v) is 7.34. The summed E-state index contributed by atoms with van der Waals surface area (Å²) in [6.07, 6.45) is 0. The molecule has 1 amide bonds. The number of benzene rings is 2. The second-order valence-electron chi connectivity index (χ2n) is 7.34. The normalized spacial score (nSPS) is 13.8. The standard InChI is InChI=1S/C23H24FN3O4/c1-15-20(16(2)31-26-15)14-30-19-5-3-4-17(12-19)23(28)25-18-6-7-22(21(24)13-18)27-8-10-29-11-9-27/h3-7,12-13H,8-11,14H2,1-2H3,(H,25,28). The molecule has 1 saturated heterocycles. The van der Waals surface area contributed by atoms with E-state index in [0.29, 0.717) is 61.4 Å². The summed E-state index contributed by atoms with van der Waals surface area (Å²) in [5.41, 5.74) is 2.96. The highest BCUT2D eigenvalue weighted by Gasteiger charge is 2.16. The fourth-order valence-corrected chi connectivity index (χ4v) is 3.44. The lowest BCUT2D eigenvalue weighted by molar-refractivity contribution is 0.102. The minimum atomic E-state index is -0.378. The number of rotatable bonds is 6. The molecule has 0 aliphatic carbocycles. The topological polar surface area (TPSA) is 76.8 Å². The zero-order chi connectivity index (χ0) is 21.8. The van der Waals surface area contributed by atoms with Crippen LogP contribution in [0.5, 0.6) is 5.75 Å².